The summed E-state index contributed by atoms with van der Waals surface area (Å²) in [5, 5.41) is 19.6. The van der Waals surface area contributed by atoms with E-state index in [1.54, 1.807) is 28.9 Å². The molecule has 2 heterocycles. The smallest absolute Gasteiger partial charge is 0.333 e. The summed E-state index contributed by atoms with van der Waals surface area (Å²) >= 11 is 0. The highest BCUT2D eigenvalue weighted by Crippen LogP contribution is 2.18. The van der Waals surface area contributed by atoms with Crippen LogP contribution in [0.4, 0.5) is 0 Å². The summed E-state index contributed by atoms with van der Waals surface area (Å²) in [5.74, 6) is 0.738. The van der Waals surface area contributed by atoms with Crippen molar-refractivity contribution >= 4 is 16.7 Å². The average molecular weight is 230 g/mol. The SMILES string of the molecule is CCOc1ccc2n[n+]([O-])c3ccnn3c2c1. The molecule has 3 aromatic rings. The fraction of sp³-hybridized carbons (Fsp3) is 0.182. The van der Waals surface area contributed by atoms with Gasteiger partial charge in [0.05, 0.1) is 18.9 Å². The van der Waals surface area contributed by atoms with Crippen LogP contribution in [0, 0.1) is 5.21 Å². The molecule has 0 unspecified atom stereocenters. The van der Waals surface area contributed by atoms with Crippen LogP contribution in [0.25, 0.3) is 16.7 Å². The quantitative estimate of drug-likeness (QED) is 0.485. The summed E-state index contributed by atoms with van der Waals surface area (Å²) in [7, 11) is 0. The van der Waals surface area contributed by atoms with Crippen LogP contribution in [-0.4, -0.2) is 21.3 Å². The van der Waals surface area contributed by atoms with E-state index in [1.165, 1.54) is 0 Å². The number of benzene rings is 1. The van der Waals surface area contributed by atoms with E-state index in [0.29, 0.717) is 22.6 Å². The van der Waals surface area contributed by atoms with Gasteiger partial charge in [0.2, 0.25) is 0 Å². The molecular weight excluding hydrogens is 220 g/mol. The van der Waals surface area contributed by atoms with Gasteiger partial charge in [0.1, 0.15) is 5.75 Å². The molecule has 0 aliphatic rings. The molecule has 0 saturated carbocycles. The van der Waals surface area contributed by atoms with Crippen LogP contribution < -0.4 is 9.58 Å². The zero-order chi connectivity index (χ0) is 11.8. The second-order valence-corrected chi connectivity index (χ2v) is 3.56. The molecule has 6 nitrogen and oxygen atoms in total. The van der Waals surface area contributed by atoms with E-state index in [-0.39, 0.29) is 0 Å². The fourth-order valence-electron chi connectivity index (χ4n) is 1.79. The summed E-state index contributed by atoms with van der Waals surface area (Å²) in [5.41, 5.74) is 1.73. The average Bonchev–Trinajstić information content (AvgIpc) is 2.80. The Morgan fingerprint density at radius 2 is 2.29 bits per heavy atom. The minimum Gasteiger partial charge on any atom is -0.691 e. The van der Waals surface area contributed by atoms with Crippen molar-refractivity contribution in [2.45, 2.75) is 6.92 Å². The molecule has 0 radical (unpaired) electrons. The summed E-state index contributed by atoms with van der Waals surface area (Å²) in [6.07, 6.45) is 1.57. The van der Waals surface area contributed by atoms with Crippen LogP contribution in [0.1, 0.15) is 6.92 Å². The Morgan fingerprint density at radius 1 is 1.41 bits per heavy atom. The van der Waals surface area contributed by atoms with Crippen molar-refractivity contribution in [3.63, 3.8) is 0 Å². The highest BCUT2D eigenvalue weighted by Gasteiger charge is 2.13. The molecule has 86 valence electrons. The Hall–Kier alpha value is -2.37. The summed E-state index contributed by atoms with van der Waals surface area (Å²) in [4.78, 5) is 0.565. The molecule has 2 aromatic heterocycles. The first-order valence-electron chi connectivity index (χ1n) is 5.30. The van der Waals surface area contributed by atoms with Crippen molar-refractivity contribution in [1.82, 2.24) is 14.7 Å². The second-order valence-electron chi connectivity index (χ2n) is 3.56. The maximum absolute atomic E-state index is 11.6. The van der Waals surface area contributed by atoms with Gasteiger partial charge in [0, 0.05) is 6.07 Å². The van der Waals surface area contributed by atoms with Gasteiger partial charge in [-0.1, -0.05) is 14.7 Å². The van der Waals surface area contributed by atoms with Gasteiger partial charge in [-0.15, -0.1) is 4.85 Å². The normalized spacial score (nSPS) is 11.1. The van der Waals surface area contributed by atoms with Crippen molar-refractivity contribution in [3.8, 4) is 5.75 Å². The first kappa shape index (κ1) is 9.83. The molecule has 1 aromatic carbocycles. The van der Waals surface area contributed by atoms with E-state index < -0.39 is 0 Å². The van der Waals surface area contributed by atoms with Crippen LogP contribution in [-0.2, 0) is 0 Å². The Bertz CT molecular complexity index is 692. The van der Waals surface area contributed by atoms with Gasteiger partial charge < -0.3 is 9.94 Å². The van der Waals surface area contributed by atoms with E-state index in [1.807, 2.05) is 13.0 Å². The van der Waals surface area contributed by atoms with E-state index in [2.05, 4.69) is 10.2 Å². The maximum atomic E-state index is 11.6. The van der Waals surface area contributed by atoms with E-state index in [9.17, 15) is 5.21 Å². The van der Waals surface area contributed by atoms with Gasteiger partial charge in [-0.25, -0.2) is 0 Å². The zero-order valence-electron chi connectivity index (χ0n) is 9.20. The van der Waals surface area contributed by atoms with Crippen LogP contribution in [0.15, 0.2) is 30.5 Å². The molecule has 0 aliphatic heterocycles. The van der Waals surface area contributed by atoms with Crippen molar-refractivity contribution in [2.24, 2.45) is 0 Å². The summed E-state index contributed by atoms with van der Waals surface area (Å²) < 4.78 is 6.97. The Kier molecular flexibility index (Phi) is 2.07. The van der Waals surface area contributed by atoms with Crippen molar-refractivity contribution in [3.05, 3.63) is 35.7 Å². The number of hydrogen-bond acceptors (Lipinski definition) is 4. The van der Waals surface area contributed by atoms with Crippen molar-refractivity contribution < 1.29 is 9.58 Å². The third-order valence-electron chi connectivity index (χ3n) is 2.50. The first-order chi connectivity index (χ1) is 8.29. The largest absolute Gasteiger partial charge is 0.691 e. The Labute approximate surface area is 96.6 Å². The number of aromatic nitrogens is 4. The first-order valence-corrected chi connectivity index (χ1v) is 5.30. The number of fused-ring (bicyclic) bond motifs is 3. The zero-order valence-corrected chi connectivity index (χ0v) is 9.20. The highest BCUT2D eigenvalue weighted by molar-refractivity contribution is 5.76. The molecule has 0 aliphatic carbocycles. The molecule has 3 rings (SSSR count). The van der Waals surface area contributed by atoms with E-state index >= 15 is 0 Å². The van der Waals surface area contributed by atoms with Crippen molar-refractivity contribution in [2.75, 3.05) is 6.61 Å². The summed E-state index contributed by atoms with van der Waals surface area (Å²) in [6.45, 7) is 2.51. The number of nitrogens with zero attached hydrogens (tertiary/aromatic N) is 4. The van der Waals surface area contributed by atoms with E-state index in [4.69, 9.17) is 4.74 Å². The lowest BCUT2D eigenvalue weighted by molar-refractivity contribution is -0.643. The molecule has 0 fully saturated rings. The molecule has 0 N–H and O–H groups in total. The van der Waals surface area contributed by atoms with Gasteiger partial charge in [0.15, 0.2) is 11.0 Å². The van der Waals surface area contributed by atoms with Gasteiger partial charge in [-0.05, 0) is 19.1 Å². The van der Waals surface area contributed by atoms with Gasteiger partial charge in [-0.3, -0.25) is 0 Å². The van der Waals surface area contributed by atoms with E-state index in [0.717, 1.165) is 11.3 Å². The topological polar surface area (TPSA) is 66.4 Å². The predicted octanol–water partition coefficient (Wildman–Crippen LogP) is 0.915. The third kappa shape index (κ3) is 1.45. The molecule has 6 heteroatoms. The molecular formula is C11H10N4O2. The molecule has 0 atom stereocenters. The minimum absolute atomic E-state index is 0.395. The fourth-order valence-corrected chi connectivity index (χ4v) is 1.79. The Morgan fingerprint density at radius 3 is 3.12 bits per heavy atom. The highest BCUT2D eigenvalue weighted by atomic mass is 16.5. The van der Waals surface area contributed by atoms with Crippen LogP contribution in [0.2, 0.25) is 0 Å². The summed E-state index contributed by atoms with van der Waals surface area (Å²) in [6, 6.07) is 6.97. The van der Waals surface area contributed by atoms with Gasteiger partial charge in [0.25, 0.3) is 0 Å². The number of hydrogen-bond donors (Lipinski definition) is 0. The minimum atomic E-state index is 0.395. The molecule has 0 saturated heterocycles. The number of rotatable bonds is 2. The van der Waals surface area contributed by atoms with Gasteiger partial charge >= 0.3 is 5.65 Å². The Balaban J connectivity index is 2.36. The molecule has 0 spiro atoms. The van der Waals surface area contributed by atoms with Crippen LogP contribution >= 0.6 is 0 Å². The van der Waals surface area contributed by atoms with Crippen LogP contribution in [0.3, 0.4) is 0 Å². The monoisotopic (exact) mass is 230 g/mol. The lowest BCUT2D eigenvalue weighted by atomic mass is 10.3. The number of ether oxygens (including phenoxy) is 1. The lowest BCUT2D eigenvalue weighted by Crippen LogP contribution is -2.33. The molecule has 0 amide bonds. The molecule has 17 heavy (non-hydrogen) atoms. The van der Waals surface area contributed by atoms with Crippen molar-refractivity contribution in [1.29, 1.82) is 0 Å². The lowest BCUT2D eigenvalue weighted by Gasteiger charge is -2.05. The maximum Gasteiger partial charge on any atom is 0.333 e. The predicted molar refractivity (Wildman–Crippen MR) is 60.6 cm³/mol. The third-order valence-corrected chi connectivity index (χ3v) is 2.50. The molecule has 0 bridgehead atoms. The van der Waals surface area contributed by atoms with Gasteiger partial charge in [-0.2, -0.15) is 0 Å². The van der Waals surface area contributed by atoms with Crippen LogP contribution in [0.5, 0.6) is 5.75 Å². The standard InChI is InChI=1S/C11H10N4O2/c1-2-17-8-3-4-9-10(7-8)14-11(5-6-12-14)15(16)13-9/h3-7H,2H2,1H3. The second kappa shape index (κ2) is 3.58.